The van der Waals surface area contributed by atoms with E-state index in [1.807, 2.05) is 11.9 Å². The van der Waals surface area contributed by atoms with Crippen LogP contribution in [-0.4, -0.2) is 12.1 Å². The summed E-state index contributed by atoms with van der Waals surface area (Å²) >= 11 is 5.39. The van der Waals surface area contributed by atoms with Crippen molar-refractivity contribution in [1.29, 1.82) is 0 Å². The normalized spacial score (nSPS) is 14.4. The zero-order valence-corrected chi connectivity index (χ0v) is 10.2. The van der Waals surface area contributed by atoms with Gasteiger partial charge in [0, 0.05) is 16.9 Å². The lowest BCUT2D eigenvalue weighted by Crippen LogP contribution is -2.11. The first-order valence-corrected chi connectivity index (χ1v) is 5.17. The van der Waals surface area contributed by atoms with Crippen LogP contribution in [0, 0.1) is 0 Å². The van der Waals surface area contributed by atoms with E-state index >= 15 is 0 Å². The highest BCUT2D eigenvalue weighted by molar-refractivity contribution is 14.1. The molecule has 0 aromatic heterocycles. The van der Waals surface area contributed by atoms with Gasteiger partial charge in [-0.1, -0.05) is 15.9 Å². The Morgan fingerprint density at radius 1 is 1.82 bits per heavy atom. The predicted octanol–water partition coefficient (Wildman–Crippen LogP) is 3.00. The van der Waals surface area contributed by atoms with E-state index in [2.05, 4.69) is 38.5 Å². The van der Waals surface area contributed by atoms with E-state index < -0.39 is 0 Å². The number of carbonyl (C=O) groups excluding carboxylic acids is 1. The fourth-order valence-corrected chi connectivity index (χ4v) is 1.45. The van der Waals surface area contributed by atoms with Crippen LogP contribution in [0.5, 0.6) is 0 Å². The molecule has 64 valence electrons. The molecule has 1 atom stereocenters. The average molecular weight is 333 g/mol. The summed E-state index contributed by atoms with van der Waals surface area (Å²) in [6.45, 7) is 3.29. The topological polar surface area (TPSA) is 26.3 Å². The minimum Gasteiger partial charge on any atom is -0.462 e. The Kier molecular flexibility index (Phi) is 6.22. The van der Waals surface area contributed by atoms with Crippen LogP contribution >= 0.6 is 38.5 Å². The molecule has 0 spiro atoms. The lowest BCUT2D eigenvalue weighted by molar-refractivity contribution is -0.145. The largest absolute Gasteiger partial charge is 0.462 e. The molecule has 0 radical (unpaired) electrons. The number of carbonyl (C=O) groups is 1. The summed E-state index contributed by atoms with van der Waals surface area (Å²) in [4.78, 5) is 12.3. The molecule has 0 aliphatic rings. The Hall–Kier alpha value is 0.420. The molecule has 0 amide bonds. The summed E-state index contributed by atoms with van der Waals surface area (Å²) < 4.78 is 6.05. The molecule has 0 saturated carbocycles. The monoisotopic (exact) mass is 332 g/mol. The summed E-state index contributed by atoms with van der Waals surface area (Å²) in [7, 11) is 0. The van der Waals surface area contributed by atoms with Gasteiger partial charge in [-0.3, -0.25) is 4.79 Å². The van der Waals surface area contributed by atoms with Gasteiger partial charge in [-0.25, -0.2) is 0 Å². The second-order valence-corrected chi connectivity index (χ2v) is 4.02. The van der Waals surface area contributed by atoms with Gasteiger partial charge in [-0.05, 0) is 34.5 Å². The van der Waals surface area contributed by atoms with Crippen LogP contribution in [-0.2, 0) is 9.53 Å². The van der Waals surface area contributed by atoms with Gasteiger partial charge >= 0.3 is 5.97 Å². The van der Waals surface area contributed by atoms with Crippen molar-refractivity contribution in [3.8, 4) is 0 Å². The molecule has 0 aromatic rings. The zero-order chi connectivity index (χ0) is 8.85. The van der Waals surface area contributed by atoms with Crippen LogP contribution < -0.4 is 0 Å². The lowest BCUT2D eigenvalue weighted by atomic mass is 10.3. The summed E-state index contributed by atoms with van der Waals surface area (Å²) in [5, 5.41) is 0. The summed E-state index contributed by atoms with van der Waals surface area (Å²) in [5.41, 5.74) is 0. The molecule has 4 heteroatoms. The van der Waals surface area contributed by atoms with Crippen LogP contribution in [0.25, 0.3) is 0 Å². The quantitative estimate of drug-likeness (QED) is 0.586. The molecule has 0 N–H and O–H groups in total. The van der Waals surface area contributed by atoms with Gasteiger partial charge < -0.3 is 4.74 Å². The van der Waals surface area contributed by atoms with Crippen LogP contribution in [0.1, 0.15) is 20.3 Å². The number of halogens is 2. The maximum atomic E-state index is 10.5. The van der Waals surface area contributed by atoms with Crippen molar-refractivity contribution in [1.82, 2.24) is 0 Å². The minimum atomic E-state index is -0.226. The van der Waals surface area contributed by atoms with Crippen molar-refractivity contribution in [2.24, 2.45) is 0 Å². The van der Waals surface area contributed by atoms with E-state index in [0.717, 1.165) is 10.0 Å². The van der Waals surface area contributed by atoms with E-state index in [0.29, 0.717) is 0 Å². The maximum Gasteiger partial charge on any atom is 0.302 e. The van der Waals surface area contributed by atoms with Gasteiger partial charge in [0.05, 0.1) is 0 Å². The predicted molar refractivity (Wildman–Crippen MR) is 56.9 cm³/mol. The summed E-state index contributed by atoms with van der Waals surface area (Å²) in [6.07, 6.45) is 0.735. The molecule has 0 heterocycles. The number of esters is 1. The average Bonchev–Trinajstić information content (AvgIpc) is 1.85. The molecule has 0 fully saturated rings. The molecule has 0 rings (SSSR count). The molecule has 0 saturated heterocycles. The van der Waals surface area contributed by atoms with Crippen molar-refractivity contribution in [2.45, 2.75) is 26.4 Å². The van der Waals surface area contributed by atoms with Crippen LogP contribution in [0.3, 0.4) is 0 Å². The van der Waals surface area contributed by atoms with E-state index in [-0.39, 0.29) is 12.1 Å². The van der Waals surface area contributed by atoms with E-state index in [9.17, 15) is 4.79 Å². The smallest absolute Gasteiger partial charge is 0.302 e. The Bertz CT molecular complexity index is 168. The third-order valence-corrected chi connectivity index (χ3v) is 3.13. The molecular formula is C7H10BrIO2. The van der Waals surface area contributed by atoms with E-state index in [1.54, 1.807) is 0 Å². The van der Waals surface area contributed by atoms with Gasteiger partial charge in [-0.15, -0.1) is 0 Å². The van der Waals surface area contributed by atoms with Gasteiger partial charge in [0.15, 0.2) is 0 Å². The van der Waals surface area contributed by atoms with Crippen molar-refractivity contribution in [3.05, 3.63) is 8.57 Å². The van der Waals surface area contributed by atoms with Crippen molar-refractivity contribution in [2.75, 3.05) is 0 Å². The molecular weight excluding hydrogens is 323 g/mol. The van der Waals surface area contributed by atoms with Crippen LogP contribution in [0.4, 0.5) is 0 Å². The highest BCUT2D eigenvalue weighted by atomic mass is 127. The third-order valence-electron chi connectivity index (χ3n) is 0.968. The van der Waals surface area contributed by atoms with Crippen molar-refractivity contribution in [3.63, 3.8) is 0 Å². The zero-order valence-electron chi connectivity index (χ0n) is 6.43. The van der Waals surface area contributed by atoms with Gasteiger partial charge in [0.1, 0.15) is 6.10 Å². The molecule has 2 nitrogen and oxygen atoms in total. The Labute approximate surface area is 88.6 Å². The van der Waals surface area contributed by atoms with Gasteiger partial charge in [-0.2, -0.15) is 0 Å². The summed E-state index contributed by atoms with van der Waals surface area (Å²) in [6, 6.07) is 0. The van der Waals surface area contributed by atoms with E-state index in [4.69, 9.17) is 4.74 Å². The van der Waals surface area contributed by atoms with Crippen LogP contribution in [0.15, 0.2) is 8.57 Å². The Balaban J connectivity index is 3.69. The first-order valence-electron chi connectivity index (χ1n) is 3.18. The number of ether oxygens (including phenoxy) is 1. The highest BCUT2D eigenvalue weighted by Gasteiger charge is 2.05. The molecule has 0 bridgehead atoms. The van der Waals surface area contributed by atoms with Crippen molar-refractivity contribution >= 4 is 44.5 Å². The van der Waals surface area contributed by atoms with Gasteiger partial charge in [0.25, 0.3) is 0 Å². The third kappa shape index (κ3) is 6.80. The molecule has 0 aliphatic heterocycles. The summed E-state index contributed by atoms with van der Waals surface area (Å²) in [5.74, 6) is -0.226. The fraction of sp³-hybridized carbons (Fsp3) is 0.571. The lowest BCUT2D eigenvalue weighted by Gasteiger charge is -2.09. The minimum absolute atomic E-state index is 0.0341. The first-order chi connectivity index (χ1) is 5.06. The number of rotatable bonds is 3. The SMILES string of the molecule is CC(=O)OC(C)C/C(I)=C/Br. The standard InChI is InChI=1S/C7H10BrIO2/c1-5(11-6(2)10)3-7(9)4-8/h4-5H,3H2,1-2H3/b7-4-. The number of hydrogen-bond acceptors (Lipinski definition) is 2. The number of hydrogen-bond donors (Lipinski definition) is 0. The van der Waals surface area contributed by atoms with Gasteiger partial charge in [0.2, 0.25) is 0 Å². The fourth-order valence-electron chi connectivity index (χ4n) is 0.644. The first kappa shape index (κ1) is 11.4. The molecule has 0 aliphatic carbocycles. The molecule has 0 aromatic carbocycles. The van der Waals surface area contributed by atoms with Crippen molar-refractivity contribution < 1.29 is 9.53 Å². The second-order valence-electron chi connectivity index (χ2n) is 2.18. The van der Waals surface area contributed by atoms with E-state index in [1.165, 1.54) is 6.92 Å². The Morgan fingerprint density at radius 3 is 2.73 bits per heavy atom. The van der Waals surface area contributed by atoms with Crippen LogP contribution in [0.2, 0.25) is 0 Å². The second kappa shape index (κ2) is 5.99. The highest BCUT2D eigenvalue weighted by Crippen LogP contribution is 2.16. The Morgan fingerprint density at radius 2 is 2.36 bits per heavy atom. The molecule has 1 unspecified atom stereocenters. The maximum absolute atomic E-state index is 10.5. The molecule has 11 heavy (non-hydrogen) atoms.